The minimum atomic E-state index is 0.814. The fourth-order valence-corrected chi connectivity index (χ4v) is 8.45. The number of furan rings is 2. The summed E-state index contributed by atoms with van der Waals surface area (Å²) in [6.45, 7) is 0. The zero-order valence-electron chi connectivity index (χ0n) is 28.2. The lowest BCUT2D eigenvalue weighted by Gasteiger charge is -2.13. The van der Waals surface area contributed by atoms with E-state index in [4.69, 9.17) is 18.8 Å². The third-order valence-electron chi connectivity index (χ3n) is 10.7. The second-order valence-electron chi connectivity index (χ2n) is 13.7. The molecule has 0 saturated heterocycles. The second kappa shape index (κ2) is 10.6. The summed E-state index contributed by atoms with van der Waals surface area (Å²) >= 11 is 0. The fourth-order valence-electron chi connectivity index (χ4n) is 8.45. The standard InChI is InChI=1S/C48H27N3O2/c1-3-13-28(14-4-1)43-44(29-15-5-2-6-16-29)50-45-32-25-24-31(27-30(32)23-26-36(45)49-43)51-37-20-10-7-17-33(37)40-41-34-18-8-11-21-38(34)52-47(41)42-35-19-9-12-22-39(35)53-48(42)46(40)51/h1-27H. The molecule has 5 heteroatoms. The van der Waals surface area contributed by atoms with Gasteiger partial charge >= 0.3 is 0 Å². The first kappa shape index (κ1) is 28.5. The van der Waals surface area contributed by atoms with Gasteiger partial charge in [0.2, 0.25) is 0 Å². The molecule has 0 aliphatic rings. The molecule has 0 amide bonds. The van der Waals surface area contributed by atoms with Crippen LogP contribution in [0.5, 0.6) is 0 Å². The van der Waals surface area contributed by atoms with Gasteiger partial charge in [-0.25, -0.2) is 9.97 Å². The summed E-state index contributed by atoms with van der Waals surface area (Å²) in [4.78, 5) is 10.6. The maximum absolute atomic E-state index is 6.81. The van der Waals surface area contributed by atoms with Gasteiger partial charge in [0.05, 0.1) is 38.8 Å². The molecule has 0 radical (unpaired) electrons. The van der Waals surface area contributed by atoms with Gasteiger partial charge in [-0.05, 0) is 41.8 Å². The highest BCUT2D eigenvalue weighted by atomic mass is 16.3. The van der Waals surface area contributed by atoms with Gasteiger partial charge in [-0.2, -0.15) is 0 Å². The molecule has 0 spiro atoms. The van der Waals surface area contributed by atoms with Crippen molar-refractivity contribution in [2.24, 2.45) is 0 Å². The normalized spacial score (nSPS) is 12.2. The van der Waals surface area contributed by atoms with Crippen LogP contribution in [0.25, 0.3) is 116 Å². The number of fused-ring (bicyclic) bond motifs is 15. The van der Waals surface area contributed by atoms with Crippen molar-refractivity contribution in [3.8, 4) is 28.2 Å². The van der Waals surface area contributed by atoms with Crippen molar-refractivity contribution in [3.63, 3.8) is 0 Å². The Kier molecular flexibility index (Phi) is 5.71. The Balaban J connectivity index is 1.18. The first-order chi connectivity index (χ1) is 26.3. The Morgan fingerprint density at radius 1 is 0.434 bits per heavy atom. The summed E-state index contributed by atoms with van der Waals surface area (Å²) < 4.78 is 15.9. The van der Waals surface area contributed by atoms with Crippen molar-refractivity contribution in [2.75, 3.05) is 0 Å². The Labute approximate surface area is 302 Å². The fraction of sp³-hybridized carbons (Fsp3) is 0. The van der Waals surface area contributed by atoms with Crippen LogP contribution in [0.3, 0.4) is 0 Å². The molecule has 5 nitrogen and oxygen atoms in total. The molecule has 0 aliphatic carbocycles. The van der Waals surface area contributed by atoms with Crippen LogP contribution >= 0.6 is 0 Å². The largest absolute Gasteiger partial charge is 0.455 e. The van der Waals surface area contributed by atoms with Gasteiger partial charge in [-0.1, -0.05) is 127 Å². The summed E-state index contributed by atoms with van der Waals surface area (Å²) in [6.07, 6.45) is 0. The van der Waals surface area contributed by atoms with Crippen LogP contribution in [0.15, 0.2) is 173 Å². The topological polar surface area (TPSA) is 57.0 Å². The number of nitrogens with zero attached hydrogens (tertiary/aromatic N) is 3. The van der Waals surface area contributed by atoms with Gasteiger partial charge < -0.3 is 13.4 Å². The van der Waals surface area contributed by atoms with E-state index in [9.17, 15) is 0 Å². The average molecular weight is 678 g/mol. The molecule has 0 atom stereocenters. The molecular weight excluding hydrogens is 651 g/mol. The Morgan fingerprint density at radius 2 is 1.04 bits per heavy atom. The molecule has 0 bridgehead atoms. The lowest BCUT2D eigenvalue weighted by atomic mass is 10.0. The van der Waals surface area contributed by atoms with Crippen LogP contribution in [-0.4, -0.2) is 14.5 Å². The summed E-state index contributed by atoms with van der Waals surface area (Å²) in [7, 11) is 0. The molecule has 4 heterocycles. The minimum Gasteiger partial charge on any atom is -0.455 e. The van der Waals surface area contributed by atoms with Gasteiger partial charge in [0.15, 0.2) is 5.58 Å². The number of hydrogen-bond acceptors (Lipinski definition) is 4. The molecule has 0 aliphatic heterocycles. The molecule has 0 fully saturated rings. The van der Waals surface area contributed by atoms with Crippen molar-refractivity contribution >= 4 is 87.5 Å². The predicted molar refractivity (Wildman–Crippen MR) is 217 cm³/mol. The zero-order valence-corrected chi connectivity index (χ0v) is 28.2. The molecular formula is C48H27N3O2. The van der Waals surface area contributed by atoms with Crippen LogP contribution in [0.4, 0.5) is 0 Å². The number of para-hydroxylation sites is 3. The molecule has 53 heavy (non-hydrogen) atoms. The third-order valence-corrected chi connectivity index (χ3v) is 10.7. The van der Waals surface area contributed by atoms with Crippen molar-refractivity contribution in [3.05, 3.63) is 164 Å². The molecule has 0 N–H and O–H groups in total. The Hall–Kier alpha value is -7.24. The van der Waals surface area contributed by atoms with E-state index in [0.29, 0.717) is 0 Å². The molecule has 8 aromatic carbocycles. The zero-order chi connectivity index (χ0) is 34.6. The summed E-state index contributed by atoms with van der Waals surface area (Å²) in [6, 6.07) is 56.8. The maximum Gasteiger partial charge on any atom is 0.163 e. The lowest BCUT2D eigenvalue weighted by molar-refractivity contribution is 0.664. The molecule has 0 unspecified atom stereocenters. The summed E-state index contributed by atoms with van der Waals surface area (Å²) in [5, 5.41) is 8.63. The first-order valence-electron chi connectivity index (χ1n) is 17.8. The Bertz CT molecular complexity index is 3450. The number of benzene rings is 8. The highest BCUT2D eigenvalue weighted by molar-refractivity contribution is 6.38. The van der Waals surface area contributed by atoms with E-state index in [0.717, 1.165) is 116 Å². The van der Waals surface area contributed by atoms with Crippen molar-refractivity contribution < 1.29 is 8.83 Å². The smallest absolute Gasteiger partial charge is 0.163 e. The van der Waals surface area contributed by atoms with Crippen LogP contribution in [-0.2, 0) is 0 Å². The van der Waals surface area contributed by atoms with E-state index in [1.807, 2.05) is 42.5 Å². The van der Waals surface area contributed by atoms with Crippen molar-refractivity contribution in [1.29, 1.82) is 0 Å². The summed E-state index contributed by atoms with van der Waals surface area (Å²) in [5.41, 5.74) is 12.1. The number of aromatic nitrogens is 3. The van der Waals surface area contributed by atoms with Crippen LogP contribution in [0.1, 0.15) is 0 Å². The van der Waals surface area contributed by atoms with E-state index in [-0.39, 0.29) is 0 Å². The Morgan fingerprint density at radius 3 is 1.77 bits per heavy atom. The van der Waals surface area contributed by atoms with E-state index in [1.165, 1.54) is 0 Å². The first-order valence-corrected chi connectivity index (χ1v) is 17.8. The molecule has 0 saturated carbocycles. The average Bonchev–Trinajstić information content (AvgIpc) is 3.91. The number of rotatable bonds is 3. The minimum absolute atomic E-state index is 0.814. The van der Waals surface area contributed by atoms with Gasteiger partial charge in [0.1, 0.15) is 16.7 Å². The quantitative estimate of drug-likeness (QED) is 0.175. The van der Waals surface area contributed by atoms with Crippen LogP contribution in [0, 0.1) is 0 Å². The molecule has 12 rings (SSSR count). The van der Waals surface area contributed by atoms with Crippen molar-refractivity contribution in [2.45, 2.75) is 0 Å². The SMILES string of the molecule is c1ccc(-c2nc3ccc4cc(-n5c6ccccc6c6c7c8ccccc8oc7c7c8ccccc8oc7c65)ccc4c3nc2-c2ccccc2)cc1. The molecule has 4 aromatic heterocycles. The van der Waals surface area contributed by atoms with E-state index >= 15 is 0 Å². The van der Waals surface area contributed by atoms with Gasteiger partial charge in [-0.3, -0.25) is 0 Å². The van der Waals surface area contributed by atoms with Crippen LogP contribution in [0.2, 0.25) is 0 Å². The number of hydrogen-bond donors (Lipinski definition) is 0. The predicted octanol–water partition coefficient (Wildman–Crippen LogP) is 13.0. The highest BCUT2D eigenvalue weighted by Crippen LogP contribution is 2.49. The molecule has 12 aromatic rings. The maximum atomic E-state index is 6.81. The van der Waals surface area contributed by atoms with Crippen LogP contribution < -0.4 is 0 Å². The lowest BCUT2D eigenvalue weighted by Crippen LogP contribution is -1.97. The third kappa shape index (κ3) is 3.96. The van der Waals surface area contributed by atoms with E-state index < -0.39 is 0 Å². The van der Waals surface area contributed by atoms with Gasteiger partial charge in [0.25, 0.3) is 0 Å². The highest BCUT2D eigenvalue weighted by Gasteiger charge is 2.26. The second-order valence-corrected chi connectivity index (χ2v) is 13.7. The molecule has 246 valence electrons. The summed E-state index contributed by atoms with van der Waals surface area (Å²) in [5.74, 6) is 0. The van der Waals surface area contributed by atoms with E-state index in [2.05, 4.69) is 126 Å². The van der Waals surface area contributed by atoms with Gasteiger partial charge in [-0.15, -0.1) is 0 Å². The van der Waals surface area contributed by atoms with E-state index in [1.54, 1.807) is 0 Å². The van der Waals surface area contributed by atoms with Crippen molar-refractivity contribution in [1.82, 2.24) is 14.5 Å². The van der Waals surface area contributed by atoms with Gasteiger partial charge in [0, 0.05) is 49.1 Å². The monoisotopic (exact) mass is 677 g/mol.